The predicted molar refractivity (Wildman–Crippen MR) is 64.1 cm³/mol. The van der Waals surface area contributed by atoms with Gasteiger partial charge in [-0.3, -0.25) is 0 Å². The molecule has 0 bridgehead atoms. The summed E-state index contributed by atoms with van der Waals surface area (Å²) in [6.45, 7) is 5.16. The van der Waals surface area contributed by atoms with Crippen LogP contribution in [0.4, 0.5) is 5.95 Å². The van der Waals surface area contributed by atoms with Crippen molar-refractivity contribution in [3.63, 3.8) is 0 Å². The average Bonchev–Trinajstić information content (AvgIpc) is 2.67. The lowest BCUT2D eigenvalue weighted by Gasteiger charge is -2.04. The van der Waals surface area contributed by atoms with Crippen molar-refractivity contribution >= 4 is 17.0 Å². The number of rotatable bonds is 3. The smallest absolute Gasteiger partial charge is 0.201 e. The zero-order valence-electron chi connectivity index (χ0n) is 9.41. The van der Waals surface area contributed by atoms with E-state index in [1.54, 1.807) is 6.07 Å². The van der Waals surface area contributed by atoms with E-state index in [1.165, 1.54) is 0 Å². The van der Waals surface area contributed by atoms with Crippen molar-refractivity contribution in [2.45, 2.75) is 13.8 Å². The van der Waals surface area contributed by atoms with E-state index in [1.807, 2.05) is 12.1 Å². The van der Waals surface area contributed by atoms with Crippen molar-refractivity contribution < 1.29 is 0 Å². The van der Waals surface area contributed by atoms with E-state index in [2.05, 4.69) is 35.2 Å². The molecule has 2 rings (SSSR count). The predicted octanol–water partition coefficient (Wildman–Crippen LogP) is 2.50. The van der Waals surface area contributed by atoms with Gasteiger partial charge in [0.05, 0.1) is 22.7 Å². The van der Waals surface area contributed by atoms with Crippen molar-refractivity contribution in [1.82, 2.24) is 9.97 Å². The lowest BCUT2D eigenvalue weighted by Crippen LogP contribution is -2.08. The molecule has 0 saturated heterocycles. The molecule has 0 fully saturated rings. The van der Waals surface area contributed by atoms with E-state index < -0.39 is 0 Å². The van der Waals surface area contributed by atoms with Gasteiger partial charge in [0.2, 0.25) is 5.95 Å². The Labute approximate surface area is 94.3 Å². The number of fused-ring (bicyclic) bond motifs is 1. The summed E-state index contributed by atoms with van der Waals surface area (Å²) in [4.78, 5) is 7.54. The number of H-pyrrole nitrogens is 1. The number of hydrogen-bond donors (Lipinski definition) is 2. The summed E-state index contributed by atoms with van der Waals surface area (Å²) in [5, 5.41) is 12.0. The average molecular weight is 214 g/mol. The van der Waals surface area contributed by atoms with Crippen molar-refractivity contribution in [1.29, 1.82) is 5.26 Å². The Balaban J connectivity index is 2.26. The van der Waals surface area contributed by atoms with Crippen LogP contribution in [0, 0.1) is 17.2 Å². The molecule has 0 aliphatic carbocycles. The normalized spacial score (nSPS) is 10.6. The fraction of sp³-hybridized carbons (Fsp3) is 0.333. The van der Waals surface area contributed by atoms with Gasteiger partial charge in [0.25, 0.3) is 0 Å². The first-order valence-electron chi connectivity index (χ1n) is 5.33. The van der Waals surface area contributed by atoms with Crippen LogP contribution in [0.25, 0.3) is 11.0 Å². The van der Waals surface area contributed by atoms with Crippen LogP contribution in [-0.2, 0) is 0 Å². The third-order valence-corrected chi connectivity index (χ3v) is 2.29. The van der Waals surface area contributed by atoms with Crippen LogP contribution in [0.15, 0.2) is 18.2 Å². The summed E-state index contributed by atoms with van der Waals surface area (Å²) < 4.78 is 0. The van der Waals surface area contributed by atoms with E-state index in [-0.39, 0.29) is 0 Å². The topological polar surface area (TPSA) is 64.5 Å². The summed E-state index contributed by atoms with van der Waals surface area (Å²) in [7, 11) is 0. The van der Waals surface area contributed by atoms with Crippen molar-refractivity contribution in [3.8, 4) is 6.07 Å². The minimum Gasteiger partial charge on any atom is -0.356 e. The molecule has 0 amide bonds. The summed E-state index contributed by atoms with van der Waals surface area (Å²) in [6, 6.07) is 7.54. The first-order chi connectivity index (χ1) is 7.69. The van der Waals surface area contributed by atoms with Crippen molar-refractivity contribution in [3.05, 3.63) is 23.8 Å². The van der Waals surface area contributed by atoms with Gasteiger partial charge in [0, 0.05) is 6.54 Å². The Morgan fingerprint density at radius 3 is 3.00 bits per heavy atom. The first kappa shape index (κ1) is 10.5. The van der Waals surface area contributed by atoms with Gasteiger partial charge in [-0.2, -0.15) is 5.26 Å². The van der Waals surface area contributed by atoms with Gasteiger partial charge < -0.3 is 10.3 Å². The van der Waals surface area contributed by atoms with Crippen LogP contribution in [0.1, 0.15) is 19.4 Å². The first-order valence-corrected chi connectivity index (χ1v) is 5.33. The number of nitrogens with zero attached hydrogens (tertiary/aromatic N) is 2. The van der Waals surface area contributed by atoms with Crippen molar-refractivity contribution in [2.24, 2.45) is 5.92 Å². The molecule has 0 aliphatic heterocycles. The van der Waals surface area contributed by atoms with E-state index in [4.69, 9.17) is 5.26 Å². The molecule has 2 aromatic rings. The summed E-state index contributed by atoms with van der Waals surface area (Å²) >= 11 is 0. The third kappa shape index (κ3) is 2.14. The minimum atomic E-state index is 0.572. The quantitative estimate of drug-likeness (QED) is 0.825. The highest BCUT2D eigenvalue weighted by Crippen LogP contribution is 2.15. The van der Waals surface area contributed by atoms with Crippen LogP contribution in [0.5, 0.6) is 0 Å². The molecule has 1 heterocycles. The fourth-order valence-corrected chi connectivity index (χ4v) is 1.46. The number of nitriles is 1. The maximum absolute atomic E-state index is 8.78. The number of aromatic nitrogens is 2. The second-order valence-electron chi connectivity index (χ2n) is 4.20. The number of nitrogens with one attached hydrogen (secondary N) is 2. The molecular formula is C12H14N4. The molecule has 0 saturated carbocycles. The zero-order valence-corrected chi connectivity index (χ0v) is 9.41. The second-order valence-corrected chi connectivity index (χ2v) is 4.20. The third-order valence-electron chi connectivity index (χ3n) is 2.29. The number of imidazole rings is 1. The van der Waals surface area contributed by atoms with Crippen LogP contribution in [0.2, 0.25) is 0 Å². The molecule has 1 aromatic heterocycles. The zero-order chi connectivity index (χ0) is 11.5. The molecule has 0 spiro atoms. The molecule has 0 atom stereocenters. The monoisotopic (exact) mass is 214 g/mol. The largest absolute Gasteiger partial charge is 0.356 e. The number of anilines is 1. The van der Waals surface area contributed by atoms with Gasteiger partial charge in [0.1, 0.15) is 0 Å². The molecule has 0 unspecified atom stereocenters. The Morgan fingerprint density at radius 1 is 1.50 bits per heavy atom. The van der Waals surface area contributed by atoms with Gasteiger partial charge in [0.15, 0.2) is 0 Å². The Kier molecular flexibility index (Phi) is 2.78. The van der Waals surface area contributed by atoms with E-state index in [9.17, 15) is 0 Å². The molecule has 0 radical (unpaired) electrons. The van der Waals surface area contributed by atoms with E-state index >= 15 is 0 Å². The molecule has 16 heavy (non-hydrogen) atoms. The summed E-state index contributed by atoms with van der Waals surface area (Å²) in [5.74, 6) is 1.33. The molecular weight excluding hydrogens is 200 g/mol. The maximum Gasteiger partial charge on any atom is 0.201 e. The second kappa shape index (κ2) is 4.23. The summed E-state index contributed by atoms with van der Waals surface area (Å²) in [5.41, 5.74) is 2.42. The number of hydrogen-bond acceptors (Lipinski definition) is 3. The number of aromatic amines is 1. The van der Waals surface area contributed by atoms with Crippen LogP contribution in [0.3, 0.4) is 0 Å². The highest BCUT2D eigenvalue weighted by Gasteiger charge is 2.03. The highest BCUT2D eigenvalue weighted by atomic mass is 15.1. The van der Waals surface area contributed by atoms with Gasteiger partial charge in [-0.1, -0.05) is 13.8 Å². The summed E-state index contributed by atoms with van der Waals surface area (Å²) in [6.07, 6.45) is 0. The SMILES string of the molecule is CC(C)CNc1nc2ccc(C#N)cc2[nH]1. The van der Waals surface area contributed by atoms with E-state index in [0.717, 1.165) is 23.5 Å². The number of benzene rings is 1. The highest BCUT2D eigenvalue weighted by molar-refractivity contribution is 5.78. The Morgan fingerprint density at radius 2 is 2.31 bits per heavy atom. The van der Waals surface area contributed by atoms with Gasteiger partial charge in [-0.15, -0.1) is 0 Å². The van der Waals surface area contributed by atoms with Crippen molar-refractivity contribution in [2.75, 3.05) is 11.9 Å². The molecule has 4 heteroatoms. The standard InChI is InChI=1S/C12H14N4/c1-8(2)7-14-12-15-10-4-3-9(6-13)5-11(10)16-12/h3-5,8H,7H2,1-2H3,(H2,14,15,16). The Bertz CT molecular complexity index is 533. The van der Waals surface area contributed by atoms with Gasteiger partial charge >= 0.3 is 0 Å². The lowest BCUT2D eigenvalue weighted by molar-refractivity contribution is 0.686. The van der Waals surface area contributed by atoms with Crippen LogP contribution < -0.4 is 5.32 Å². The van der Waals surface area contributed by atoms with Crippen LogP contribution >= 0.6 is 0 Å². The molecule has 0 aliphatic rings. The Hall–Kier alpha value is -2.02. The minimum absolute atomic E-state index is 0.572. The molecule has 4 nitrogen and oxygen atoms in total. The van der Waals surface area contributed by atoms with E-state index in [0.29, 0.717) is 11.5 Å². The molecule has 2 N–H and O–H groups in total. The lowest BCUT2D eigenvalue weighted by atomic mass is 10.2. The molecule has 1 aromatic carbocycles. The maximum atomic E-state index is 8.78. The van der Waals surface area contributed by atoms with Crippen LogP contribution in [-0.4, -0.2) is 16.5 Å². The van der Waals surface area contributed by atoms with Gasteiger partial charge in [-0.05, 0) is 24.1 Å². The fourth-order valence-electron chi connectivity index (χ4n) is 1.46. The molecule has 82 valence electrons. The van der Waals surface area contributed by atoms with Gasteiger partial charge in [-0.25, -0.2) is 4.98 Å².